The summed E-state index contributed by atoms with van der Waals surface area (Å²) in [5, 5.41) is 11.2. The number of rotatable bonds is 4. The zero-order valence-corrected chi connectivity index (χ0v) is 8.30. The average Bonchev–Trinajstić information content (AvgIpc) is 2.18. The van der Waals surface area contributed by atoms with Crippen LogP contribution in [-0.4, -0.2) is 23.7 Å². The van der Waals surface area contributed by atoms with Gasteiger partial charge in [-0.15, -0.1) is 11.8 Å². The van der Waals surface area contributed by atoms with E-state index in [0.29, 0.717) is 12.1 Å². The van der Waals surface area contributed by atoms with Crippen LogP contribution in [0, 0.1) is 0 Å². The first-order chi connectivity index (χ1) is 6.69. The van der Waals surface area contributed by atoms with Gasteiger partial charge >= 0.3 is 5.97 Å². The molecular weight excluding hydrogens is 202 g/mol. The fraction of sp³-hybridized carbons (Fsp3) is 0.111. The van der Waals surface area contributed by atoms with Crippen LogP contribution in [0.1, 0.15) is 10.4 Å². The largest absolute Gasteiger partial charge is 0.478 e. The van der Waals surface area contributed by atoms with Crippen molar-refractivity contribution in [3.8, 4) is 0 Å². The Morgan fingerprint density at radius 2 is 2.29 bits per heavy atom. The Morgan fingerprint density at radius 3 is 2.79 bits per heavy atom. The first-order valence-corrected chi connectivity index (χ1v) is 5.03. The topological polar surface area (TPSA) is 66.4 Å². The van der Waals surface area contributed by atoms with E-state index in [0.717, 1.165) is 4.90 Å². The van der Waals surface area contributed by atoms with Crippen LogP contribution < -0.4 is 5.32 Å². The molecule has 0 saturated heterocycles. The van der Waals surface area contributed by atoms with Gasteiger partial charge in [0.15, 0.2) is 0 Å². The summed E-state index contributed by atoms with van der Waals surface area (Å²) in [5.74, 6) is -0.974. The molecule has 0 aliphatic carbocycles. The minimum atomic E-state index is -0.974. The van der Waals surface area contributed by atoms with Crippen molar-refractivity contribution in [1.29, 1.82) is 0 Å². The van der Waals surface area contributed by atoms with Crippen LogP contribution in [0.25, 0.3) is 0 Å². The predicted octanol–water partition coefficient (Wildman–Crippen LogP) is 1.68. The monoisotopic (exact) mass is 211 g/mol. The minimum absolute atomic E-state index is 0.214. The molecule has 1 amide bonds. The Hall–Kier alpha value is -1.49. The van der Waals surface area contributed by atoms with Gasteiger partial charge in [-0.3, -0.25) is 4.79 Å². The molecule has 0 heterocycles. The normalized spacial score (nSPS) is 9.50. The number of carbonyl (C=O) groups excluding carboxylic acids is 1. The van der Waals surface area contributed by atoms with Crippen LogP contribution in [0.15, 0.2) is 23.1 Å². The highest BCUT2D eigenvalue weighted by Crippen LogP contribution is 2.26. The first-order valence-electron chi connectivity index (χ1n) is 3.80. The van der Waals surface area contributed by atoms with E-state index in [1.807, 2.05) is 6.26 Å². The lowest BCUT2D eigenvalue weighted by molar-refractivity contribution is -0.105. The first kappa shape index (κ1) is 10.6. The second-order valence-corrected chi connectivity index (χ2v) is 3.33. The van der Waals surface area contributed by atoms with Gasteiger partial charge in [-0.2, -0.15) is 0 Å². The Morgan fingerprint density at radius 1 is 1.57 bits per heavy atom. The number of benzene rings is 1. The third-order valence-corrected chi connectivity index (χ3v) is 2.44. The molecule has 0 fully saturated rings. The van der Waals surface area contributed by atoms with Crippen LogP contribution in [0.5, 0.6) is 0 Å². The zero-order chi connectivity index (χ0) is 10.6. The molecule has 0 aliphatic rings. The van der Waals surface area contributed by atoms with E-state index in [-0.39, 0.29) is 5.56 Å². The quantitative estimate of drug-likeness (QED) is 0.587. The molecule has 4 nitrogen and oxygen atoms in total. The molecule has 1 aromatic rings. The van der Waals surface area contributed by atoms with E-state index < -0.39 is 5.97 Å². The van der Waals surface area contributed by atoms with Gasteiger partial charge in [-0.25, -0.2) is 4.79 Å². The summed E-state index contributed by atoms with van der Waals surface area (Å²) in [7, 11) is 0. The number of hydrogen-bond donors (Lipinski definition) is 2. The van der Waals surface area contributed by atoms with Crippen LogP contribution >= 0.6 is 11.8 Å². The summed E-state index contributed by atoms with van der Waals surface area (Å²) in [4.78, 5) is 21.6. The third-order valence-electron chi connectivity index (χ3n) is 1.66. The minimum Gasteiger partial charge on any atom is -0.478 e. The predicted molar refractivity (Wildman–Crippen MR) is 54.9 cm³/mol. The summed E-state index contributed by atoms with van der Waals surface area (Å²) in [6.45, 7) is 0. The van der Waals surface area contributed by atoms with Gasteiger partial charge in [0.05, 0.1) is 11.3 Å². The molecule has 0 atom stereocenters. The van der Waals surface area contributed by atoms with Gasteiger partial charge in [0.2, 0.25) is 6.41 Å². The van der Waals surface area contributed by atoms with Gasteiger partial charge < -0.3 is 10.4 Å². The fourth-order valence-corrected chi connectivity index (χ4v) is 1.60. The van der Waals surface area contributed by atoms with Crippen LogP contribution in [-0.2, 0) is 4.79 Å². The lowest BCUT2D eigenvalue weighted by Crippen LogP contribution is -2.00. The molecule has 0 radical (unpaired) electrons. The number of thioether (sulfide) groups is 1. The van der Waals surface area contributed by atoms with E-state index in [4.69, 9.17) is 5.11 Å². The number of hydrogen-bond acceptors (Lipinski definition) is 3. The fourth-order valence-electron chi connectivity index (χ4n) is 1.01. The molecule has 1 aromatic carbocycles. The summed E-state index contributed by atoms with van der Waals surface area (Å²) >= 11 is 1.38. The third kappa shape index (κ3) is 2.26. The van der Waals surface area contributed by atoms with E-state index in [1.165, 1.54) is 23.9 Å². The molecule has 0 spiro atoms. The summed E-state index contributed by atoms with van der Waals surface area (Å²) in [6, 6.07) is 4.55. The van der Waals surface area contributed by atoms with Crippen molar-refractivity contribution in [3.05, 3.63) is 23.8 Å². The molecule has 0 aromatic heterocycles. The standard InChI is InChI=1S/C9H9NO3S/c1-14-8-4-6(9(12)13)2-3-7(8)10-5-11/h2-5H,1H3,(H,10,11)(H,12,13). The molecule has 5 heteroatoms. The summed E-state index contributed by atoms with van der Waals surface area (Å²) in [5.41, 5.74) is 0.836. The van der Waals surface area contributed by atoms with Crippen molar-refractivity contribution in [1.82, 2.24) is 0 Å². The highest BCUT2D eigenvalue weighted by atomic mass is 32.2. The lowest BCUT2D eigenvalue weighted by atomic mass is 10.2. The van der Waals surface area contributed by atoms with E-state index in [2.05, 4.69) is 5.32 Å². The molecule has 1 rings (SSSR count). The molecule has 2 N–H and O–H groups in total. The van der Waals surface area contributed by atoms with E-state index in [1.54, 1.807) is 6.07 Å². The summed E-state index contributed by atoms with van der Waals surface area (Å²) in [6.07, 6.45) is 2.38. The second-order valence-electron chi connectivity index (χ2n) is 2.48. The molecule has 0 saturated carbocycles. The second kappa shape index (κ2) is 4.66. The van der Waals surface area contributed by atoms with Crippen molar-refractivity contribution in [3.63, 3.8) is 0 Å². The number of carbonyl (C=O) groups is 2. The highest BCUT2D eigenvalue weighted by molar-refractivity contribution is 7.98. The highest BCUT2D eigenvalue weighted by Gasteiger charge is 2.06. The Kier molecular flexibility index (Phi) is 3.53. The molecule has 0 bridgehead atoms. The molecule has 0 unspecified atom stereocenters. The summed E-state index contributed by atoms with van der Waals surface area (Å²) < 4.78 is 0. The molecular formula is C9H9NO3S. The maximum atomic E-state index is 10.6. The maximum absolute atomic E-state index is 10.6. The van der Waals surface area contributed by atoms with Crippen LogP contribution in [0.2, 0.25) is 0 Å². The smallest absolute Gasteiger partial charge is 0.335 e. The molecule has 74 valence electrons. The van der Waals surface area contributed by atoms with Gasteiger partial charge in [-0.05, 0) is 24.5 Å². The molecule has 14 heavy (non-hydrogen) atoms. The van der Waals surface area contributed by atoms with Crippen molar-refractivity contribution >= 4 is 29.8 Å². The number of aromatic carboxylic acids is 1. The molecule has 0 aliphatic heterocycles. The number of anilines is 1. The number of nitrogens with one attached hydrogen (secondary N) is 1. The van der Waals surface area contributed by atoms with Crippen molar-refractivity contribution in [2.75, 3.05) is 11.6 Å². The van der Waals surface area contributed by atoms with Crippen LogP contribution in [0.3, 0.4) is 0 Å². The van der Waals surface area contributed by atoms with E-state index >= 15 is 0 Å². The number of carboxylic acid groups (broad SMARTS) is 1. The number of amides is 1. The Bertz CT molecular complexity index is 365. The van der Waals surface area contributed by atoms with Gasteiger partial charge in [0.25, 0.3) is 0 Å². The Balaban J connectivity index is 3.10. The number of carboxylic acids is 1. The zero-order valence-electron chi connectivity index (χ0n) is 7.48. The SMILES string of the molecule is CSc1cc(C(=O)O)ccc1NC=O. The lowest BCUT2D eigenvalue weighted by Gasteiger charge is -2.06. The maximum Gasteiger partial charge on any atom is 0.335 e. The van der Waals surface area contributed by atoms with Crippen molar-refractivity contribution in [2.24, 2.45) is 0 Å². The van der Waals surface area contributed by atoms with E-state index in [9.17, 15) is 9.59 Å². The van der Waals surface area contributed by atoms with Gasteiger partial charge in [-0.1, -0.05) is 0 Å². The average molecular weight is 211 g/mol. The van der Waals surface area contributed by atoms with Crippen molar-refractivity contribution < 1.29 is 14.7 Å². The van der Waals surface area contributed by atoms with Crippen LogP contribution in [0.4, 0.5) is 5.69 Å². The van der Waals surface area contributed by atoms with Gasteiger partial charge in [0, 0.05) is 4.90 Å². The van der Waals surface area contributed by atoms with Gasteiger partial charge in [0.1, 0.15) is 0 Å². The Labute approximate surface area is 85.3 Å². The van der Waals surface area contributed by atoms with Crippen molar-refractivity contribution in [2.45, 2.75) is 4.90 Å².